The minimum Gasteiger partial charge on any atom is -0.349 e. The fraction of sp³-hybridized carbons (Fsp3) is 0.421. The molecule has 24 heavy (non-hydrogen) atoms. The van der Waals surface area contributed by atoms with Gasteiger partial charge in [0.1, 0.15) is 5.82 Å². The van der Waals surface area contributed by atoms with Crippen molar-refractivity contribution in [1.29, 1.82) is 0 Å². The van der Waals surface area contributed by atoms with Crippen molar-refractivity contribution in [3.63, 3.8) is 0 Å². The number of nitrogens with one attached hydrogen (secondary N) is 2. The number of H-pyrrole nitrogens is 1. The molecule has 0 bridgehead atoms. The van der Waals surface area contributed by atoms with E-state index in [9.17, 15) is 4.79 Å². The third-order valence-electron chi connectivity index (χ3n) is 4.70. The van der Waals surface area contributed by atoms with Gasteiger partial charge in [0.15, 0.2) is 5.82 Å². The molecule has 1 aliphatic rings. The van der Waals surface area contributed by atoms with Crippen LogP contribution in [0.1, 0.15) is 33.5 Å². The average molecular weight is 324 g/mol. The van der Waals surface area contributed by atoms with E-state index in [1.807, 2.05) is 30.3 Å². The molecular weight excluding hydrogens is 300 g/mol. The molecule has 1 aromatic carbocycles. The van der Waals surface area contributed by atoms with Gasteiger partial charge in [-0.15, -0.1) is 0 Å². The van der Waals surface area contributed by atoms with E-state index in [1.165, 1.54) is 5.57 Å². The molecule has 0 unspecified atom stereocenters. The predicted molar refractivity (Wildman–Crippen MR) is 93.9 cm³/mol. The number of carbonyl (C=O) groups excluding carboxylic acids is 1. The highest BCUT2D eigenvalue weighted by molar-refractivity contribution is 5.83. The van der Waals surface area contributed by atoms with Crippen molar-refractivity contribution in [2.45, 2.75) is 34.2 Å². The molecule has 126 valence electrons. The third kappa shape index (κ3) is 3.25. The van der Waals surface area contributed by atoms with Crippen molar-refractivity contribution in [1.82, 2.24) is 20.5 Å². The van der Waals surface area contributed by atoms with Gasteiger partial charge < -0.3 is 5.32 Å². The van der Waals surface area contributed by atoms with E-state index in [4.69, 9.17) is 0 Å². The molecule has 5 heteroatoms. The van der Waals surface area contributed by atoms with Gasteiger partial charge in [-0.1, -0.05) is 55.8 Å². The molecule has 1 aromatic heterocycles. The lowest BCUT2D eigenvalue weighted by atomic mass is 10.1. The lowest BCUT2D eigenvalue weighted by Gasteiger charge is -2.03. The number of amides is 1. The van der Waals surface area contributed by atoms with Crippen LogP contribution in [0.5, 0.6) is 0 Å². The number of nitrogens with zero attached hydrogens (tertiary/aromatic N) is 2. The monoisotopic (exact) mass is 324 g/mol. The van der Waals surface area contributed by atoms with Gasteiger partial charge >= 0.3 is 0 Å². The summed E-state index contributed by atoms with van der Waals surface area (Å²) in [6.45, 7) is 8.80. The molecule has 0 aliphatic heterocycles. The quantitative estimate of drug-likeness (QED) is 0.829. The molecule has 2 atom stereocenters. The fourth-order valence-corrected chi connectivity index (χ4v) is 3.22. The minimum absolute atomic E-state index is 0.0258. The van der Waals surface area contributed by atoms with Crippen LogP contribution in [-0.4, -0.2) is 21.1 Å². The van der Waals surface area contributed by atoms with Crippen LogP contribution in [0.4, 0.5) is 0 Å². The highest BCUT2D eigenvalue weighted by atomic mass is 16.2. The molecule has 5 nitrogen and oxygen atoms in total. The van der Waals surface area contributed by atoms with E-state index in [0.29, 0.717) is 24.1 Å². The van der Waals surface area contributed by atoms with Crippen molar-refractivity contribution in [2.24, 2.45) is 17.3 Å². The zero-order valence-corrected chi connectivity index (χ0v) is 14.6. The molecule has 0 spiro atoms. The summed E-state index contributed by atoms with van der Waals surface area (Å²) in [7, 11) is 0. The average Bonchev–Trinajstić information content (AvgIpc) is 2.90. The smallest absolute Gasteiger partial charge is 0.224 e. The Bertz CT molecular complexity index is 757. The van der Waals surface area contributed by atoms with Gasteiger partial charge in [0.25, 0.3) is 0 Å². The van der Waals surface area contributed by atoms with Crippen molar-refractivity contribution >= 4 is 5.91 Å². The Hall–Kier alpha value is -2.43. The van der Waals surface area contributed by atoms with E-state index in [0.717, 1.165) is 5.56 Å². The van der Waals surface area contributed by atoms with Gasteiger partial charge in [0, 0.05) is 5.56 Å². The lowest BCUT2D eigenvalue weighted by Crippen LogP contribution is -2.26. The Morgan fingerprint density at radius 3 is 2.67 bits per heavy atom. The van der Waals surface area contributed by atoms with E-state index in [-0.39, 0.29) is 17.2 Å². The molecule has 0 radical (unpaired) electrons. The van der Waals surface area contributed by atoms with Crippen LogP contribution >= 0.6 is 0 Å². The Labute approximate surface area is 142 Å². The van der Waals surface area contributed by atoms with Crippen molar-refractivity contribution < 1.29 is 4.79 Å². The molecule has 1 saturated carbocycles. The van der Waals surface area contributed by atoms with Crippen LogP contribution in [0.25, 0.3) is 11.4 Å². The largest absolute Gasteiger partial charge is 0.349 e. The lowest BCUT2D eigenvalue weighted by molar-refractivity contribution is -0.123. The molecule has 3 rings (SSSR count). The standard InChI is InChI=1S/C19H24N4O/c1-12(2)10-14-16(19(14,3)4)18(24)20-11-15-21-17(23-22-15)13-8-6-5-7-9-13/h5-10,14,16H,11H2,1-4H3,(H,20,24)(H,21,22,23)/t14-,16+/m1/s1. The fourth-order valence-electron chi connectivity index (χ4n) is 3.22. The maximum absolute atomic E-state index is 12.5. The number of aromatic nitrogens is 3. The first-order valence-electron chi connectivity index (χ1n) is 8.29. The predicted octanol–water partition coefficient (Wildman–Crippen LogP) is 3.33. The third-order valence-corrected chi connectivity index (χ3v) is 4.70. The molecule has 1 amide bonds. The molecule has 0 saturated heterocycles. The topological polar surface area (TPSA) is 70.7 Å². The Balaban J connectivity index is 1.60. The second-order valence-electron chi connectivity index (χ2n) is 7.26. The van der Waals surface area contributed by atoms with E-state index >= 15 is 0 Å². The van der Waals surface area contributed by atoms with E-state index in [2.05, 4.69) is 54.3 Å². The van der Waals surface area contributed by atoms with Gasteiger partial charge in [-0.05, 0) is 25.2 Å². The van der Waals surface area contributed by atoms with Crippen molar-refractivity contribution in [3.8, 4) is 11.4 Å². The van der Waals surface area contributed by atoms with Gasteiger partial charge in [-0.2, -0.15) is 5.10 Å². The van der Waals surface area contributed by atoms with Crippen molar-refractivity contribution in [2.75, 3.05) is 0 Å². The first-order valence-corrected chi connectivity index (χ1v) is 8.29. The molecule has 2 aromatic rings. The zero-order valence-electron chi connectivity index (χ0n) is 14.6. The normalized spacial score (nSPS) is 21.2. The van der Waals surface area contributed by atoms with Gasteiger partial charge in [-0.25, -0.2) is 4.98 Å². The summed E-state index contributed by atoms with van der Waals surface area (Å²) in [5, 5.41) is 10.1. The summed E-state index contributed by atoms with van der Waals surface area (Å²) >= 11 is 0. The SMILES string of the molecule is CC(C)=C[C@@H]1[C@@H](C(=O)NCc2nc(-c3ccccc3)n[nH]2)C1(C)C. The highest BCUT2D eigenvalue weighted by Crippen LogP contribution is 2.59. The molecule has 1 fully saturated rings. The molecular formula is C19H24N4O. The first kappa shape index (κ1) is 16.4. The van der Waals surface area contributed by atoms with Crippen molar-refractivity contribution in [3.05, 3.63) is 47.8 Å². The van der Waals surface area contributed by atoms with Crippen LogP contribution in [0.3, 0.4) is 0 Å². The Morgan fingerprint density at radius 1 is 1.29 bits per heavy atom. The number of rotatable bonds is 5. The van der Waals surface area contributed by atoms with E-state index in [1.54, 1.807) is 0 Å². The maximum Gasteiger partial charge on any atom is 0.224 e. The number of carbonyl (C=O) groups is 1. The van der Waals surface area contributed by atoms with Crippen LogP contribution in [0, 0.1) is 17.3 Å². The molecule has 1 aliphatic carbocycles. The van der Waals surface area contributed by atoms with Crippen LogP contribution in [0.2, 0.25) is 0 Å². The number of aromatic amines is 1. The van der Waals surface area contributed by atoms with E-state index < -0.39 is 0 Å². The van der Waals surface area contributed by atoms with Gasteiger partial charge in [0.05, 0.1) is 12.5 Å². The maximum atomic E-state index is 12.5. The molecule has 2 N–H and O–H groups in total. The summed E-state index contributed by atoms with van der Waals surface area (Å²) in [5.74, 6) is 1.75. The van der Waals surface area contributed by atoms with Crippen LogP contribution < -0.4 is 5.32 Å². The Morgan fingerprint density at radius 2 is 2.00 bits per heavy atom. The first-order chi connectivity index (χ1) is 11.4. The van der Waals surface area contributed by atoms with Gasteiger partial charge in [-0.3, -0.25) is 9.89 Å². The Kier molecular flexibility index (Phi) is 4.26. The number of hydrogen-bond acceptors (Lipinski definition) is 3. The summed E-state index contributed by atoms with van der Waals surface area (Å²) in [6.07, 6.45) is 2.20. The van der Waals surface area contributed by atoms with Crippen LogP contribution in [0.15, 0.2) is 42.0 Å². The second-order valence-corrected chi connectivity index (χ2v) is 7.26. The summed E-state index contributed by atoms with van der Waals surface area (Å²) in [4.78, 5) is 16.9. The molecule has 1 heterocycles. The number of allylic oxidation sites excluding steroid dienone is 2. The van der Waals surface area contributed by atoms with Gasteiger partial charge in [0.2, 0.25) is 5.91 Å². The number of benzene rings is 1. The van der Waals surface area contributed by atoms with Crippen LogP contribution in [-0.2, 0) is 11.3 Å². The second kappa shape index (κ2) is 6.23. The summed E-state index contributed by atoms with van der Waals surface area (Å²) < 4.78 is 0. The highest BCUT2D eigenvalue weighted by Gasteiger charge is 2.60. The zero-order chi connectivity index (χ0) is 17.3. The number of hydrogen-bond donors (Lipinski definition) is 2. The summed E-state index contributed by atoms with van der Waals surface area (Å²) in [6, 6.07) is 9.78. The minimum atomic E-state index is 0.0258. The summed E-state index contributed by atoms with van der Waals surface area (Å²) in [5.41, 5.74) is 2.24.